The summed E-state index contributed by atoms with van der Waals surface area (Å²) < 4.78 is 38.8. The second-order valence-electron chi connectivity index (χ2n) is 2.88. The van der Waals surface area contributed by atoms with Gasteiger partial charge in [-0.15, -0.1) is 12.4 Å². The average Bonchev–Trinajstić information content (AvgIpc) is 2.13. The van der Waals surface area contributed by atoms with E-state index >= 15 is 0 Å². The van der Waals surface area contributed by atoms with Crippen LogP contribution in [0.3, 0.4) is 0 Å². The molecule has 3 N–H and O–H groups in total. The lowest BCUT2D eigenvalue weighted by Gasteiger charge is -2.12. The number of aliphatic hydroxyl groups is 1. The van der Waals surface area contributed by atoms with Gasteiger partial charge in [-0.3, -0.25) is 0 Å². The Balaban J connectivity index is 0.00000196. The molecule has 1 unspecified atom stereocenters. The minimum Gasteiger partial charge on any atom is -0.396 e. The lowest BCUT2D eigenvalue weighted by molar-refractivity contribution is 0.273. The topological polar surface area (TPSA) is 46.2 Å². The Morgan fingerprint density at radius 1 is 1.20 bits per heavy atom. The van der Waals surface area contributed by atoms with Gasteiger partial charge in [-0.1, -0.05) is 0 Å². The fraction of sp³-hybridized carbons (Fsp3) is 0.333. The van der Waals surface area contributed by atoms with Crippen LogP contribution in [0.4, 0.5) is 13.2 Å². The molecule has 0 aromatic heterocycles. The summed E-state index contributed by atoms with van der Waals surface area (Å²) in [5, 5.41) is 8.53. The first-order chi connectivity index (χ1) is 6.57. The van der Waals surface area contributed by atoms with Crippen molar-refractivity contribution in [2.24, 2.45) is 5.73 Å². The zero-order chi connectivity index (χ0) is 10.7. The highest BCUT2D eigenvalue weighted by atomic mass is 35.5. The maximum Gasteiger partial charge on any atom is 0.166 e. The molecule has 0 spiro atoms. The highest BCUT2D eigenvalue weighted by Crippen LogP contribution is 2.22. The molecule has 0 amide bonds. The van der Waals surface area contributed by atoms with Crippen LogP contribution in [-0.4, -0.2) is 11.7 Å². The predicted octanol–water partition coefficient (Wildman–Crippen LogP) is 1.91. The van der Waals surface area contributed by atoms with E-state index < -0.39 is 29.1 Å². The Morgan fingerprint density at radius 2 is 1.73 bits per heavy atom. The molecular formula is C9H11ClF3NO. The van der Waals surface area contributed by atoms with Gasteiger partial charge in [-0.2, -0.15) is 0 Å². The lowest BCUT2D eigenvalue weighted by atomic mass is 10.0. The van der Waals surface area contributed by atoms with Crippen LogP contribution < -0.4 is 5.73 Å². The molecule has 6 heteroatoms. The number of benzene rings is 1. The molecule has 1 aromatic carbocycles. The second-order valence-corrected chi connectivity index (χ2v) is 2.88. The minimum atomic E-state index is -1.29. The SMILES string of the molecule is Cl.NC(CCO)c1c(F)ccc(F)c1F. The van der Waals surface area contributed by atoms with Gasteiger partial charge in [0.1, 0.15) is 5.82 Å². The molecule has 2 nitrogen and oxygen atoms in total. The van der Waals surface area contributed by atoms with Crippen molar-refractivity contribution in [3.63, 3.8) is 0 Å². The average molecular weight is 242 g/mol. The third kappa shape index (κ3) is 3.09. The Bertz CT molecular complexity index is 335. The fourth-order valence-electron chi connectivity index (χ4n) is 1.17. The molecule has 1 atom stereocenters. The van der Waals surface area contributed by atoms with Gasteiger partial charge < -0.3 is 10.8 Å². The van der Waals surface area contributed by atoms with E-state index in [4.69, 9.17) is 10.8 Å². The van der Waals surface area contributed by atoms with Crippen molar-refractivity contribution in [2.75, 3.05) is 6.61 Å². The largest absolute Gasteiger partial charge is 0.396 e. The van der Waals surface area contributed by atoms with Crippen LogP contribution in [0.25, 0.3) is 0 Å². The lowest BCUT2D eigenvalue weighted by Crippen LogP contribution is -2.16. The first kappa shape index (κ1) is 14.2. The Hall–Kier alpha value is -0.780. The maximum absolute atomic E-state index is 13.1. The molecule has 86 valence electrons. The second kappa shape index (κ2) is 5.95. The van der Waals surface area contributed by atoms with Crippen molar-refractivity contribution >= 4 is 12.4 Å². The fourth-order valence-corrected chi connectivity index (χ4v) is 1.17. The molecule has 0 fully saturated rings. The molecule has 0 aliphatic heterocycles. The van der Waals surface area contributed by atoms with Crippen molar-refractivity contribution < 1.29 is 18.3 Å². The van der Waals surface area contributed by atoms with Gasteiger partial charge in [0.2, 0.25) is 0 Å². The summed E-state index contributed by atoms with van der Waals surface area (Å²) in [7, 11) is 0. The van der Waals surface area contributed by atoms with E-state index in [2.05, 4.69) is 0 Å². The zero-order valence-electron chi connectivity index (χ0n) is 7.71. The van der Waals surface area contributed by atoms with Crippen molar-refractivity contribution in [3.8, 4) is 0 Å². The van der Waals surface area contributed by atoms with Crippen LogP contribution in [0.1, 0.15) is 18.0 Å². The van der Waals surface area contributed by atoms with Crippen LogP contribution in [0.15, 0.2) is 12.1 Å². The molecule has 15 heavy (non-hydrogen) atoms. The van der Waals surface area contributed by atoms with Crippen LogP contribution in [0.2, 0.25) is 0 Å². The van der Waals surface area contributed by atoms with Crippen molar-refractivity contribution in [1.29, 1.82) is 0 Å². The predicted molar refractivity (Wildman–Crippen MR) is 52.2 cm³/mol. The molecule has 1 aromatic rings. The summed E-state index contributed by atoms with van der Waals surface area (Å²) in [6.07, 6.45) is -0.0166. The smallest absolute Gasteiger partial charge is 0.166 e. The number of hydrogen-bond donors (Lipinski definition) is 2. The Kier molecular flexibility index (Phi) is 5.64. The van der Waals surface area contributed by atoms with Crippen LogP contribution in [-0.2, 0) is 0 Å². The summed E-state index contributed by atoms with van der Waals surface area (Å²) in [4.78, 5) is 0. The van der Waals surface area contributed by atoms with E-state index in [1.165, 1.54) is 0 Å². The summed E-state index contributed by atoms with van der Waals surface area (Å²) in [5.74, 6) is -3.33. The van der Waals surface area contributed by atoms with E-state index in [0.717, 1.165) is 6.07 Å². The summed E-state index contributed by atoms with van der Waals surface area (Å²) in [5.41, 5.74) is 4.85. The van der Waals surface area contributed by atoms with Crippen LogP contribution >= 0.6 is 12.4 Å². The third-order valence-electron chi connectivity index (χ3n) is 1.89. The Morgan fingerprint density at radius 3 is 2.27 bits per heavy atom. The quantitative estimate of drug-likeness (QED) is 0.794. The van der Waals surface area contributed by atoms with Gasteiger partial charge in [-0.05, 0) is 18.6 Å². The van der Waals surface area contributed by atoms with E-state index in [0.29, 0.717) is 6.07 Å². The summed E-state index contributed by atoms with van der Waals surface area (Å²) in [6, 6.07) is 0.473. The number of nitrogens with two attached hydrogens (primary N) is 1. The van der Waals surface area contributed by atoms with Gasteiger partial charge in [0.15, 0.2) is 11.6 Å². The van der Waals surface area contributed by atoms with Gasteiger partial charge in [0, 0.05) is 18.2 Å². The molecule has 0 saturated heterocycles. The first-order valence-electron chi connectivity index (χ1n) is 4.07. The molecule has 0 radical (unpaired) electrons. The zero-order valence-corrected chi connectivity index (χ0v) is 8.53. The van der Waals surface area contributed by atoms with Crippen LogP contribution in [0, 0.1) is 17.5 Å². The number of aliphatic hydroxyl groups excluding tert-OH is 1. The van der Waals surface area contributed by atoms with E-state index in [1.54, 1.807) is 0 Å². The Labute approximate surface area is 91.3 Å². The first-order valence-corrected chi connectivity index (χ1v) is 4.07. The van der Waals surface area contributed by atoms with E-state index in [9.17, 15) is 13.2 Å². The number of rotatable bonds is 3. The third-order valence-corrected chi connectivity index (χ3v) is 1.89. The van der Waals surface area contributed by atoms with Gasteiger partial charge >= 0.3 is 0 Å². The highest BCUT2D eigenvalue weighted by molar-refractivity contribution is 5.85. The standard InChI is InChI=1S/C9H10F3NO.ClH/c10-5-1-2-6(11)9(12)8(5)7(13)3-4-14;/h1-2,7,14H,3-4,13H2;1H. The van der Waals surface area contributed by atoms with Gasteiger partial charge in [0.25, 0.3) is 0 Å². The van der Waals surface area contributed by atoms with Crippen molar-refractivity contribution in [2.45, 2.75) is 12.5 Å². The van der Waals surface area contributed by atoms with Crippen LogP contribution in [0.5, 0.6) is 0 Å². The normalized spacial score (nSPS) is 12.1. The van der Waals surface area contributed by atoms with Gasteiger partial charge in [-0.25, -0.2) is 13.2 Å². The monoisotopic (exact) mass is 241 g/mol. The van der Waals surface area contributed by atoms with Crippen molar-refractivity contribution in [1.82, 2.24) is 0 Å². The number of halogens is 4. The maximum atomic E-state index is 13.1. The molecule has 0 aliphatic rings. The van der Waals surface area contributed by atoms with E-state index in [1.807, 2.05) is 0 Å². The molecule has 0 bridgehead atoms. The molecule has 0 saturated carbocycles. The summed E-state index contributed by atoms with van der Waals surface area (Å²) >= 11 is 0. The molecule has 0 heterocycles. The van der Waals surface area contributed by atoms with Crippen molar-refractivity contribution in [3.05, 3.63) is 35.1 Å². The molecule has 1 rings (SSSR count). The number of hydrogen-bond acceptors (Lipinski definition) is 2. The van der Waals surface area contributed by atoms with E-state index in [-0.39, 0.29) is 25.4 Å². The minimum absolute atomic E-state index is 0. The molecule has 0 aliphatic carbocycles. The molecular weight excluding hydrogens is 231 g/mol. The summed E-state index contributed by atoms with van der Waals surface area (Å²) in [6.45, 7) is -0.309. The highest BCUT2D eigenvalue weighted by Gasteiger charge is 2.19. The van der Waals surface area contributed by atoms with Gasteiger partial charge in [0.05, 0.1) is 0 Å².